The maximum Gasteiger partial charge on any atom is 0.422 e. The summed E-state index contributed by atoms with van der Waals surface area (Å²) in [6, 6.07) is 5.18. The number of alkyl halides is 3. The van der Waals surface area contributed by atoms with Crippen molar-refractivity contribution in [3.63, 3.8) is 0 Å². The summed E-state index contributed by atoms with van der Waals surface area (Å²) in [6.07, 6.45) is -2.96. The van der Waals surface area contributed by atoms with Gasteiger partial charge in [-0.25, -0.2) is 13.9 Å². The molecule has 0 bridgehead atoms. The van der Waals surface area contributed by atoms with Crippen LogP contribution in [0.1, 0.15) is 0 Å². The highest BCUT2D eigenvalue weighted by molar-refractivity contribution is 5.84. The molecule has 112 valence electrons. The number of halogens is 4. The number of hydrogen-bond acceptors (Lipinski definition) is 3. The van der Waals surface area contributed by atoms with Crippen LogP contribution in [-0.2, 0) is 4.74 Å². The van der Waals surface area contributed by atoms with Crippen molar-refractivity contribution in [1.29, 1.82) is 0 Å². The van der Waals surface area contributed by atoms with Crippen LogP contribution >= 0.6 is 0 Å². The van der Waals surface area contributed by atoms with E-state index in [4.69, 9.17) is 0 Å². The molecule has 1 N–H and O–H groups in total. The van der Waals surface area contributed by atoms with Gasteiger partial charge in [0.25, 0.3) is 0 Å². The topological polar surface area (TPSA) is 56.2 Å². The standard InChI is InChI=1S/C12H9F4N3O2/c13-9-6-8(18-11(20)21-7-12(14,15)16)2-3-10(9)19-5-1-4-17-19/h1-6H,7H2,(H,18,20). The maximum atomic E-state index is 13.8. The number of ether oxygens (including phenoxy) is 1. The molecule has 2 rings (SSSR count). The molecule has 0 saturated heterocycles. The van der Waals surface area contributed by atoms with E-state index in [0.29, 0.717) is 0 Å². The van der Waals surface area contributed by atoms with Crippen LogP contribution in [0.5, 0.6) is 0 Å². The molecule has 0 saturated carbocycles. The molecule has 1 aromatic heterocycles. The number of aromatic nitrogens is 2. The first-order valence-electron chi connectivity index (χ1n) is 5.65. The summed E-state index contributed by atoms with van der Waals surface area (Å²) in [5.74, 6) is -0.702. The van der Waals surface area contributed by atoms with E-state index in [1.807, 2.05) is 5.32 Å². The molecule has 0 aliphatic heterocycles. The molecule has 0 aliphatic carbocycles. The molecule has 21 heavy (non-hydrogen) atoms. The number of hydrogen-bond donors (Lipinski definition) is 1. The minimum absolute atomic E-state index is 0.0319. The van der Waals surface area contributed by atoms with Gasteiger partial charge in [0.1, 0.15) is 5.69 Å². The summed E-state index contributed by atoms with van der Waals surface area (Å²) >= 11 is 0. The van der Waals surface area contributed by atoms with Crippen LogP contribution in [0.15, 0.2) is 36.7 Å². The Morgan fingerprint density at radius 1 is 1.38 bits per heavy atom. The lowest BCUT2D eigenvalue weighted by atomic mass is 10.2. The molecule has 1 aromatic carbocycles. The summed E-state index contributed by atoms with van der Waals surface area (Å²) in [6.45, 7) is -1.72. The lowest BCUT2D eigenvalue weighted by molar-refractivity contribution is -0.159. The van der Waals surface area contributed by atoms with Crippen molar-refractivity contribution in [2.45, 2.75) is 6.18 Å². The summed E-state index contributed by atoms with van der Waals surface area (Å²) < 4.78 is 54.6. The first kappa shape index (κ1) is 14.8. The van der Waals surface area contributed by atoms with Gasteiger partial charge in [0, 0.05) is 18.1 Å². The van der Waals surface area contributed by atoms with Gasteiger partial charge in [-0.3, -0.25) is 5.32 Å². The molecule has 5 nitrogen and oxygen atoms in total. The zero-order chi connectivity index (χ0) is 15.5. The smallest absolute Gasteiger partial charge is 0.422 e. The second-order valence-electron chi connectivity index (χ2n) is 3.93. The minimum Gasteiger partial charge on any atom is -0.440 e. The molecule has 1 amide bonds. The Hall–Kier alpha value is -2.58. The van der Waals surface area contributed by atoms with Crippen molar-refractivity contribution >= 4 is 11.8 Å². The quantitative estimate of drug-likeness (QED) is 0.886. The van der Waals surface area contributed by atoms with Gasteiger partial charge in [0.2, 0.25) is 0 Å². The first-order chi connectivity index (χ1) is 9.85. The van der Waals surface area contributed by atoms with Gasteiger partial charge < -0.3 is 4.74 Å². The van der Waals surface area contributed by atoms with Gasteiger partial charge in [-0.1, -0.05) is 0 Å². The lowest BCUT2D eigenvalue weighted by Gasteiger charge is -2.10. The van der Waals surface area contributed by atoms with Crippen molar-refractivity contribution in [3.05, 3.63) is 42.5 Å². The van der Waals surface area contributed by atoms with Gasteiger partial charge in [-0.15, -0.1) is 0 Å². The molecule has 0 fully saturated rings. The van der Waals surface area contributed by atoms with Crippen LogP contribution < -0.4 is 5.32 Å². The van der Waals surface area contributed by atoms with E-state index < -0.39 is 24.7 Å². The normalized spacial score (nSPS) is 11.2. The fourth-order valence-corrected chi connectivity index (χ4v) is 1.48. The van der Waals surface area contributed by atoms with Crippen LogP contribution in [-0.4, -0.2) is 28.7 Å². The number of anilines is 1. The Kier molecular flexibility index (Phi) is 4.10. The summed E-state index contributed by atoms with van der Waals surface area (Å²) in [5, 5.41) is 5.83. The average molecular weight is 303 g/mol. The Labute approximate surface area is 116 Å². The minimum atomic E-state index is -4.62. The molecule has 0 spiro atoms. The van der Waals surface area contributed by atoms with E-state index in [9.17, 15) is 22.4 Å². The first-order valence-corrected chi connectivity index (χ1v) is 5.65. The SMILES string of the molecule is O=C(Nc1ccc(-n2cccn2)c(F)c1)OCC(F)(F)F. The Morgan fingerprint density at radius 2 is 2.14 bits per heavy atom. The molecule has 9 heteroatoms. The average Bonchev–Trinajstić information content (AvgIpc) is 2.89. The van der Waals surface area contributed by atoms with Gasteiger partial charge in [-0.05, 0) is 24.3 Å². The van der Waals surface area contributed by atoms with Crippen LogP contribution in [0.4, 0.5) is 28.0 Å². The molecule has 0 aliphatic rings. The Morgan fingerprint density at radius 3 is 2.71 bits per heavy atom. The maximum absolute atomic E-state index is 13.8. The van der Waals surface area contributed by atoms with Crippen molar-refractivity contribution in [1.82, 2.24) is 9.78 Å². The predicted molar refractivity (Wildman–Crippen MR) is 64.5 cm³/mol. The second-order valence-corrected chi connectivity index (χ2v) is 3.93. The number of carbonyl (C=O) groups is 1. The fourth-order valence-electron chi connectivity index (χ4n) is 1.48. The van der Waals surface area contributed by atoms with E-state index >= 15 is 0 Å². The third-order valence-corrected chi connectivity index (χ3v) is 2.31. The zero-order valence-corrected chi connectivity index (χ0v) is 10.4. The van der Waals surface area contributed by atoms with Gasteiger partial charge in [-0.2, -0.15) is 18.3 Å². The Balaban J connectivity index is 2.02. The molecular weight excluding hydrogens is 294 g/mol. The van der Waals surface area contributed by atoms with Crippen LogP contribution in [0.2, 0.25) is 0 Å². The third kappa shape index (κ3) is 4.20. The van der Waals surface area contributed by atoms with Crippen LogP contribution in [0.3, 0.4) is 0 Å². The predicted octanol–water partition coefficient (Wildman–Crippen LogP) is 3.12. The van der Waals surface area contributed by atoms with E-state index in [1.165, 1.54) is 29.2 Å². The molecule has 0 radical (unpaired) electrons. The number of carbonyl (C=O) groups excluding carboxylic acids is 1. The monoisotopic (exact) mass is 303 g/mol. The molecule has 0 unspecified atom stereocenters. The zero-order valence-electron chi connectivity index (χ0n) is 10.4. The van der Waals surface area contributed by atoms with E-state index in [2.05, 4.69) is 9.84 Å². The van der Waals surface area contributed by atoms with Crippen LogP contribution in [0.25, 0.3) is 5.69 Å². The van der Waals surface area contributed by atoms with Crippen molar-refractivity contribution in [2.24, 2.45) is 0 Å². The van der Waals surface area contributed by atoms with E-state index in [0.717, 1.165) is 6.07 Å². The Bertz CT molecular complexity index is 626. The second kappa shape index (κ2) is 5.81. The number of rotatable bonds is 3. The molecule has 1 heterocycles. The molecule has 0 atom stereocenters. The number of nitrogens with one attached hydrogen (secondary N) is 1. The van der Waals surface area contributed by atoms with E-state index in [-0.39, 0.29) is 11.4 Å². The van der Waals surface area contributed by atoms with E-state index in [1.54, 1.807) is 6.07 Å². The third-order valence-electron chi connectivity index (χ3n) is 2.31. The van der Waals surface area contributed by atoms with Crippen LogP contribution in [0, 0.1) is 5.82 Å². The van der Waals surface area contributed by atoms with Gasteiger partial charge in [0.05, 0.1) is 0 Å². The summed E-state index contributed by atoms with van der Waals surface area (Å²) in [7, 11) is 0. The molecular formula is C12H9F4N3O2. The number of amides is 1. The summed E-state index contributed by atoms with van der Waals surface area (Å²) in [5.41, 5.74) is 0.102. The van der Waals surface area contributed by atoms with Gasteiger partial charge in [0.15, 0.2) is 12.4 Å². The number of nitrogens with zero attached hydrogens (tertiary/aromatic N) is 2. The van der Waals surface area contributed by atoms with Crippen molar-refractivity contribution in [2.75, 3.05) is 11.9 Å². The van der Waals surface area contributed by atoms with Crippen molar-refractivity contribution in [3.8, 4) is 5.69 Å². The highest BCUT2D eigenvalue weighted by atomic mass is 19.4. The molecule has 2 aromatic rings. The largest absolute Gasteiger partial charge is 0.440 e. The van der Waals surface area contributed by atoms with Crippen molar-refractivity contribution < 1.29 is 27.1 Å². The lowest BCUT2D eigenvalue weighted by Crippen LogP contribution is -2.23. The fraction of sp³-hybridized carbons (Fsp3) is 0.167. The highest BCUT2D eigenvalue weighted by Gasteiger charge is 2.29. The summed E-state index contributed by atoms with van der Waals surface area (Å²) in [4.78, 5) is 11.1. The number of benzene rings is 1. The van der Waals surface area contributed by atoms with Gasteiger partial charge >= 0.3 is 12.3 Å². The highest BCUT2D eigenvalue weighted by Crippen LogP contribution is 2.18.